The van der Waals surface area contributed by atoms with Crippen LogP contribution in [0.1, 0.15) is 42.6 Å². The molecule has 0 spiro atoms. The molecule has 3 heterocycles. The number of carbonyl (C=O) groups is 1. The Balaban J connectivity index is 1.57. The Labute approximate surface area is 162 Å². The van der Waals surface area contributed by atoms with E-state index in [2.05, 4.69) is 17.0 Å². The number of nitrogens with zero attached hydrogens (tertiary/aromatic N) is 3. The fraction of sp³-hybridized carbons (Fsp3) is 0.381. The van der Waals surface area contributed by atoms with Crippen molar-refractivity contribution in [3.05, 3.63) is 69.8 Å². The van der Waals surface area contributed by atoms with Crippen molar-refractivity contribution in [1.29, 1.82) is 0 Å². The first-order chi connectivity index (χ1) is 13.5. The smallest absolute Gasteiger partial charge is 0.410 e. The molecule has 1 fully saturated rings. The van der Waals surface area contributed by atoms with Crippen LogP contribution in [0.3, 0.4) is 0 Å². The molecule has 0 saturated carbocycles. The first kappa shape index (κ1) is 18.3. The molecule has 7 heteroatoms. The van der Waals surface area contributed by atoms with Crippen LogP contribution in [0, 0.1) is 12.8 Å². The average Bonchev–Trinajstić information content (AvgIpc) is 3.09. The molecule has 1 aromatic carbocycles. The van der Waals surface area contributed by atoms with Crippen LogP contribution in [-0.4, -0.2) is 32.1 Å². The van der Waals surface area contributed by atoms with E-state index in [1.807, 2.05) is 36.4 Å². The number of hydrogen-bond acceptors (Lipinski definition) is 4. The van der Waals surface area contributed by atoms with Gasteiger partial charge in [0, 0.05) is 24.4 Å². The number of aromatic nitrogens is 3. The number of amides is 1. The van der Waals surface area contributed by atoms with Gasteiger partial charge in [0.05, 0.1) is 11.7 Å². The Morgan fingerprint density at radius 1 is 1.29 bits per heavy atom. The molecule has 2 aromatic heterocycles. The van der Waals surface area contributed by atoms with E-state index in [-0.39, 0.29) is 24.3 Å². The van der Waals surface area contributed by atoms with Gasteiger partial charge in [-0.15, -0.1) is 0 Å². The van der Waals surface area contributed by atoms with Gasteiger partial charge >= 0.3 is 6.09 Å². The molecule has 4 rings (SSSR count). The predicted octanol–water partition coefficient (Wildman–Crippen LogP) is 3.44. The summed E-state index contributed by atoms with van der Waals surface area (Å²) in [6, 6.07) is 11.3. The molecule has 3 aromatic rings. The fourth-order valence-corrected chi connectivity index (χ4v) is 3.69. The number of carbonyl (C=O) groups excluding carboxylic acids is 1. The summed E-state index contributed by atoms with van der Waals surface area (Å²) in [4.78, 5) is 29.3. The number of rotatable bonds is 3. The number of H-pyrrole nitrogens is 1. The van der Waals surface area contributed by atoms with Crippen molar-refractivity contribution < 1.29 is 9.53 Å². The van der Waals surface area contributed by atoms with Gasteiger partial charge in [0.25, 0.3) is 5.56 Å². The third kappa shape index (κ3) is 3.65. The second kappa shape index (κ2) is 7.50. The van der Waals surface area contributed by atoms with Gasteiger partial charge in [-0.3, -0.25) is 9.69 Å². The van der Waals surface area contributed by atoms with Crippen LogP contribution in [0.15, 0.2) is 47.4 Å². The predicted molar refractivity (Wildman–Crippen MR) is 105 cm³/mol. The molecule has 1 N–H and O–H groups in total. The van der Waals surface area contributed by atoms with E-state index in [9.17, 15) is 9.59 Å². The standard InChI is InChI=1S/C21H24N4O3/c1-14-8-9-18(17-10-19-22-20(26)15(2)12-25(19)23-17)24(11-14)21(27)28-13-16-6-4-3-5-7-16/h3-7,10,12,14,18H,8-9,11,13H2,1-2H3,(H,22,26). The topological polar surface area (TPSA) is 79.7 Å². The fourth-order valence-electron chi connectivity index (χ4n) is 3.69. The van der Waals surface area contributed by atoms with Crippen molar-refractivity contribution in [3.63, 3.8) is 0 Å². The molecular weight excluding hydrogens is 356 g/mol. The average molecular weight is 380 g/mol. The number of piperidine rings is 1. The van der Waals surface area contributed by atoms with E-state index >= 15 is 0 Å². The van der Waals surface area contributed by atoms with Gasteiger partial charge in [0.15, 0.2) is 0 Å². The summed E-state index contributed by atoms with van der Waals surface area (Å²) in [5, 5.41) is 4.61. The highest BCUT2D eigenvalue weighted by Crippen LogP contribution is 2.33. The van der Waals surface area contributed by atoms with Crippen molar-refractivity contribution in [3.8, 4) is 0 Å². The summed E-state index contributed by atoms with van der Waals surface area (Å²) in [6.45, 7) is 4.75. The Morgan fingerprint density at radius 2 is 2.07 bits per heavy atom. The molecular formula is C21H24N4O3. The largest absolute Gasteiger partial charge is 0.445 e. The minimum atomic E-state index is -0.331. The van der Waals surface area contributed by atoms with Crippen LogP contribution in [-0.2, 0) is 11.3 Å². The van der Waals surface area contributed by atoms with E-state index < -0.39 is 0 Å². The summed E-state index contributed by atoms with van der Waals surface area (Å²) < 4.78 is 7.24. The van der Waals surface area contributed by atoms with Gasteiger partial charge in [-0.25, -0.2) is 9.31 Å². The first-order valence-electron chi connectivity index (χ1n) is 9.58. The third-order valence-corrected chi connectivity index (χ3v) is 5.27. The van der Waals surface area contributed by atoms with Gasteiger partial charge in [0.2, 0.25) is 0 Å². The van der Waals surface area contributed by atoms with Crippen molar-refractivity contribution in [2.45, 2.75) is 39.3 Å². The lowest BCUT2D eigenvalue weighted by molar-refractivity contribution is 0.0553. The number of aryl methyl sites for hydroxylation is 1. The van der Waals surface area contributed by atoms with Gasteiger partial charge in [0.1, 0.15) is 12.3 Å². The third-order valence-electron chi connectivity index (χ3n) is 5.27. The summed E-state index contributed by atoms with van der Waals surface area (Å²) in [6.07, 6.45) is 3.20. The maximum Gasteiger partial charge on any atom is 0.410 e. The number of benzene rings is 1. The molecule has 1 aliphatic heterocycles. The second-order valence-electron chi connectivity index (χ2n) is 7.56. The molecule has 1 aliphatic rings. The summed E-state index contributed by atoms with van der Waals surface area (Å²) in [5.74, 6) is 0.402. The van der Waals surface area contributed by atoms with Crippen molar-refractivity contribution in [2.24, 2.45) is 5.92 Å². The number of likely N-dealkylation sites (tertiary alicyclic amines) is 1. The number of aromatic amines is 1. The summed E-state index contributed by atoms with van der Waals surface area (Å²) >= 11 is 0. The lowest BCUT2D eigenvalue weighted by atomic mass is 9.93. The number of fused-ring (bicyclic) bond motifs is 1. The molecule has 1 saturated heterocycles. The quantitative estimate of drug-likeness (QED) is 0.755. The lowest BCUT2D eigenvalue weighted by Crippen LogP contribution is -2.42. The van der Waals surface area contributed by atoms with Crippen LogP contribution in [0.4, 0.5) is 4.79 Å². The number of ether oxygens (including phenoxy) is 1. The molecule has 0 aliphatic carbocycles. The van der Waals surface area contributed by atoms with E-state index in [1.165, 1.54) is 0 Å². The first-order valence-corrected chi connectivity index (χ1v) is 9.58. The van der Waals surface area contributed by atoms with Crippen LogP contribution in [0.2, 0.25) is 0 Å². The highest BCUT2D eigenvalue weighted by atomic mass is 16.6. The zero-order chi connectivity index (χ0) is 19.7. The molecule has 2 unspecified atom stereocenters. The normalized spacial score (nSPS) is 19.7. The minimum absolute atomic E-state index is 0.129. The van der Waals surface area contributed by atoms with Crippen molar-refractivity contribution >= 4 is 11.7 Å². The zero-order valence-corrected chi connectivity index (χ0v) is 16.1. The van der Waals surface area contributed by atoms with Gasteiger partial charge in [-0.05, 0) is 31.2 Å². The zero-order valence-electron chi connectivity index (χ0n) is 16.1. The Bertz CT molecular complexity index is 1040. The highest BCUT2D eigenvalue weighted by molar-refractivity contribution is 5.68. The van der Waals surface area contributed by atoms with Gasteiger partial charge in [-0.2, -0.15) is 5.10 Å². The second-order valence-corrected chi connectivity index (χ2v) is 7.56. The SMILES string of the molecule is Cc1cn2nc(C3CCC(C)CN3C(=O)OCc3ccccc3)cc2[nH]c1=O. The Hall–Kier alpha value is -3.09. The Kier molecular flexibility index (Phi) is 4.90. The van der Waals surface area contributed by atoms with E-state index in [1.54, 1.807) is 22.5 Å². The number of nitrogens with one attached hydrogen (secondary N) is 1. The maximum atomic E-state index is 12.8. The highest BCUT2D eigenvalue weighted by Gasteiger charge is 2.33. The molecule has 0 bridgehead atoms. The molecule has 146 valence electrons. The maximum absolute atomic E-state index is 12.8. The number of hydrogen-bond donors (Lipinski definition) is 1. The summed E-state index contributed by atoms with van der Waals surface area (Å²) in [5.41, 5.74) is 2.82. The van der Waals surface area contributed by atoms with E-state index in [4.69, 9.17) is 4.74 Å². The minimum Gasteiger partial charge on any atom is -0.445 e. The van der Waals surface area contributed by atoms with E-state index in [0.717, 1.165) is 24.1 Å². The van der Waals surface area contributed by atoms with Crippen LogP contribution in [0.25, 0.3) is 5.65 Å². The molecule has 28 heavy (non-hydrogen) atoms. The molecule has 1 amide bonds. The van der Waals surface area contributed by atoms with Crippen LogP contribution >= 0.6 is 0 Å². The van der Waals surface area contributed by atoms with Gasteiger partial charge < -0.3 is 9.72 Å². The molecule has 0 radical (unpaired) electrons. The van der Waals surface area contributed by atoms with Crippen LogP contribution < -0.4 is 5.56 Å². The van der Waals surface area contributed by atoms with Gasteiger partial charge in [-0.1, -0.05) is 37.3 Å². The lowest BCUT2D eigenvalue weighted by Gasteiger charge is -2.36. The monoisotopic (exact) mass is 380 g/mol. The molecule has 2 atom stereocenters. The van der Waals surface area contributed by atoms with Crippen molar-refractivity contribution in [1.82, 2.24) is 19.5 Å². The van der Waals surface area contributed by atoms with E-state index in [0.29, 0.717) is 23.7 Å². The van der Waals surface area contributed by atoms with Crippen LogP contribution in [0.5, 0.6) is 0 Å². The summed E-state index contributed by atoms with van der Waals surface area (Å²) in [7, 11) is 0. The van der Waals surface area contributed by atoms with Crippen molar-refractivity contribution in [2.75, 3.05) is 6.54 Å². The Morgan fingerprint density at radius 3 is 2.86 bits per heavy atom. The molecule has 7 nitrogen and oxygen atoms in total.